The molecule has 0 fully saturated rings. The van der Waals surface area contributed by atoms with Crippen molar-refractivity contribution in [2.24, 2.45) is 0 Å². The van der Waals surface area contributed by atoms with Gasteiger partial charge in [0.2, 0.25) is 0 Å². The lowest BCUT2D eigenvalue weighted by Gasteiger charge is -2.29. The van der Waals surface area contributed by atoms with Crippen LogP contribution in [0.15, 0.2) is 9.66 Å². The second kappa shape index (κ2) is 11.0. The smallest absolute Gasteiger partial charge is 0.160 e. The zero-order valence-corrected chi connectivity index (χ0v) is 15.2. The molecule has 2 atom stereocenters. The number of rotatable bonds is 11. The van der Waals surface area contributed by atoms with Crippen LogP contribution >= 0.6 is 22.6 Å². The first-order valence-corrected chi connectivity index (χ1v) is 8.38. The molecule has 4 nitrogen and oxygen atoms in total. The van der Waals surface area contributed by atoms with E-state index in [0.29, 0.717) is 13.0 Å². The first-order valence-electron chi connectivity index (χ1n) is 7.30. The molecule has 0 aliphatic carbocycles. The van der Waals surface area contributed by atoms with E-state index in [1.807, 2.05) is 6.08 Å². The minimum absolute atomic E-state index is 0.233. The molecule has 0 spiro atoms. The minimum atomic E-state index is -1.26. The molecular weight excluding hydrogens is 371 g/mol. The van der Waals surface area contributed by atoms with Gasteiger partial charge in [-0.1, -0.05) is 26.3 Å². The van der Waals surface area contributed by atoms with Crippen molar-refractivity contribution in [1.82, 2.24) is 0 Å². The maximum Gasteiger partial charge on any atom is 0.160 e. The van der Waals surface area contributed by atoms with Crippen LogP contribution in [-0.2, 0) is 9.47 Å². The van der Waals surface area contributed by atoms with Gasteiger partial charge in [-0.05, 0) is 59.3 Å². The van der Waals surface area contributed by atoms with Crippen molar-refractivity contribution < 1.29 is 19.7 Å². The van der Waals surface area contributed by atoms with E-state index in [1.165, 1.54) is 3.58 Å². The molecule has 0 aliphatic rings. The van der Waals surface area contributed by atoms with Gasteiger partial charge >= 0.3 is 0 Å². The molecule has 20 heavy (non-hydrogen) atoms. The largest absolute Gasteiger partial charge is 0.388 e. The summed E-state index contributed by atoms with van der Waals surface area (Å²) < 4.78 is 12.2. The molecule has 120 valence electrons. The molecule has 0 aromatic carbocycles. The summed E-state index contributed by atoms with van der Waals surface area (Å²) in [7, 11) is 0. The van der Waals surface area contributed by atoms with Crippen LogP contribution in [-0.4, -0.2) is 41.4 Å². The van der Waals surface area contributed by atoms with Crippen LogP contribution in [0.25, 0.3) is 0 Å². The van der Waals surface area contributed by atoms with Crippen molar-refractivity contribution in [3.63, 3.8) is 0 Å². The molecule has 0 rings (SSSR count). The van der Waals surface area contributed by atoms with E-state index in [4.69, 9.17) is 9.47 Å². The zero-order chi connectivity index (χ0) is 15.6. The van der Waals surface area contributed by atoms with Gasteiger partial charge < -0.3 is 19.7 Å². The first kappa shape index (κ1) is 20.3. The summed E-state index contributed by atoms with van der Waals surface area (Å²) in [5.74, 6) is -1.26. The van der Waals surface area contributed by atoms with E-state index >= 15 is 0 Å². The summed E-state index contributed by atoms with van der Waals surface area (Å²) in [4.78, 5) is 0. The summed E-state index contributed by atoms with van der Waals surface area (Å²) in [6, 6.07) is 0. The number of unbranched alkanes of at least 4 members (excludes halogenated alkanes) is 1. The Kier molecular flexibility index (Phi) is 11.1. The van der Waals surface area contributed by atoms with Crippen LogP contribution in [0.1, 0.15) is 53.4 Å². The molecule has 0 aromatic heterocycles. The van der Waals surface area contributed by atoms with Gasteiger partial charge in [-0.3, -0.25) is 0 Å². The van der Waals surface area contributed by atoms with Crippen LogP contribution in [0.2, 0.25) is 0 Å². The second-order valence-electron chi connectivity index (χ2n) is 5.34. The molecule has 0 saturated heterocycles. The number of aliphatic hydroxyl groups excluding tert-OH is 1. The number of aliphatic hydroxyl groups is 2. The van der Waals surface area contributed by atoms with E-state index in [-0.39, 0.29) is 6.61 Å². The van der Waals surface area contributed by atoms with E-state index in [9.17, 15) is 10.2 Å². The third-order valence-corrected chi connectivity index (χ3v) is 3.91. The van der Waals surface area contributed by atoms with Crippen molar-refractivity contribution >= 4 is 22.6 Å². The Bertz CT molecular complexity index is 274. The van der Waals surface area contributed by atoms with Gasteiger partial charge in [0.15, 0.2) is 5.79 Å². The summed E-state index contributed by atoms with van der Waals surface area (Å²) in [5.41, 5.74) is 0. The fraction of sp³-hybridized carbons (Fsp3) is 0.867. The van der Waals surface area contributed by atoms with Crippen LogP contribution in [0, 0.1) is 0 Å². The third-order valence-electron chi connectivity index (χ3n) is 2.71. The zero-order valence-electron chi connectivity index (χ0n) is 13.1. The van der Waals surface area contributed by atoms with Gasteiger partial charge in [0.25, 0.3) is 0 Å². The fourth-order valence-electron chi connectivity index (χ4n) is 1.60. The molecule has 0 amide bonds. The Labute approximate surface area is 136 Å². The van der Waals surface area contributed by atoms with Crippen LogP contribution in [0.3, 0.4) is 0 Å². The molecule has 5 heteroatoms. The van der Waals surface area contributed by atoms with Gasteiger partial charge in [0, 0.05) is 6.61 Å². The number of halogens is 1. The number of allylic oxidation sites excluding steroid dienone is 1. The summed E-state index contributed by atoms with van der Waals surface area (Å²) in [6.07, 6.45) is 4.40. The van der Waals surface area contributed by atoms with E-state index in [1.54, 1.807) is 13.8 Å². The average Bonchev–Trinajstić information content (AvgIpc) is 2.37. The lowest BCUT2D eigenvalue weighted by Crippen LogP contribution is -2.39. The Hall–Kier alpha value is 0.310. The van der Waals surface area contributed by atoms with Gasteiger partial charge in [-0.2, -0.15) is 0 Å². The Balaban J connectivity index is 4.42. The standard InChI is InChI=1S/C15H29IO4/c1-5-7-10-19-11-13(17)14(20-15(3,4)18)9-8-12(16)6-2/h8,13-14,17-18H,5-7,9-11H2,1-4H3/b12-8-/t13?,14-/m0/s1. The van der Waals surface area contributed by atoms with Gasteiger partial charge in [-0.25, -0.2) is 0 Å². The predicted molar refractivity (Wildman–Crippen MR) is 89.9 cm³/mol. The highest BCUT2D eigenvalue weighted by Gasteiger charge is 2.26. The summed E-state index contributed by atoms with van der Waals surface area (Å²) >= 11 is 2.27. The normalized spacial score (nSPS) is 16.2. The highest BCUT2D eigenvalue weighted by Crippen LogP contribution is 2.18. The molecule has 0 aromatic rings. The quantitative estimate of drug-likeness (QED) is 0.317. The van der Waals surface area contributed by atoms with Gasteiger partial charge in [0.05, 0.1) is 12.7 Å². The Morgan fingerprint density at radius 3 is 2.50 bits per heavy atom. The topological polar surface area (TPSA) is 58.9 Å². The molecular formula is C15H29IO4. The maximum absolute atomic E-state index is 10.2. The van der Waals surface area contributed by atoms with Crippen LogP contribution in [0.5, 0.6) is 0 Å². The predicted octanol–water partition coefficient (Wildman–Crippen LogP) is 3.40. The Morgan fingerprint density at radius 2 is 2.00 bits per heavy atom. The minimum Gasteiger partial charge on any atom is -0.388 e. The van der Waals surface area contributed by atoms with Crippen LogP contribution < -0.4 is 0 Å². The van der Waals surface area contributed by atoms with Crippen molar-refractivity contribution in [1.29, 1.82) is 0 Å². The highest BCUT2D eigenvalue weighted by atomic mass is 127. The highest BCUT2D eigenvalue weighted by molar-refractivity contribution is 14.1. The lowest BCUT2D eigenvalue weighted by molar-refractivity contribution is -0.228. The monoisotopic (exact) mass is 400 g/mol. The van der Waals surface area contributed by atoms with E-state index in [0.717, 1.165) is 19.3 Å². The van der Waals surface area contributed by atoms with Gasteiger partial charge in [0.1, 0.15) is 6.10 Å². The van der Waals surface area contributed by atoms with E-state index in [2.05, 4.69) is 36.4 Å². The SMILES string of the molecule is CCCCOCC(O)[C@H](C/C=C(\I)CC)OC(C)(C)O. The molecule has 0 heterocycles. The summed E-state index contributed by atoms with van der Waals surface area (Å²) in [5, 5.41) is 19.9. The summed E-state index contributed by atoms with van der Waals surface area (Å²) in [6.45, 7) is 8.19. The van der Waals surface area contributed by atoms with Crippen molar-refractivity contribution in [2.75, 3.05) is 13.2 Å². The molecule has 0 bridgehead atoms. The number of hydrogen-bond acceptors (Lipinski definition) is 4. The lowest BCUT2D eigenvalue weighted by atomic mass is 10.1. The second-order valence-corrected chi connectivity index (χ2v) is 6.72. The molecule has 0 aliphatic heterocycles. The fourth-order valence-corrected chi connectivity index (χ4v) is 1.85. The Morgan fingerprint density at radius 1 is 1.35 bits per heavy atom. The maximum atomic E-state index is 10.2. The van der Waals surface area contributed by atoms with Crippen molar-refractivity contribution in [2.45, 2.75) is 71.4 Å². The number of ether oxygens (including phenoxy) is 2. The van der Waals surface area contributed by atoms with Crippen molar-refractivity contribution in [3.8, 4) is 0 Å². The molecule has 0 radical (unpaired) electrons. The third kappa shape index (κ3) is 11.0. The van der Waals surface area contributed by atoms with Gasteiger partial charge in [-0.15, -0.1) is 0 Å². The van der Waals surface area contributed by atoms with E-state index < -0.39 is 18.0 Å². The molecule has 2 N–H and O–H groups in total. The average molecular weight is 400 g/mol. The van der Waals surface area contributed by atoms with Crippen LogP contribution in [0.4, 0.5) is 0 Å². The van der Waals surface area contributed by atoms with Crippen molar-refractivity contribution in [3.05, 3.63) is 9.66 Å². The first-order chi connectivity index (χ1) is 9.30. The molecule has 1 unspecified atom stereocenters. The molecule has 0 saturated carbocycles. The number of hydrogen-bond donors (Lipinski definition) is 2.